The maximum absolute atomic E-state index is 6.51. The van der Waals surface area contributed by atoms with Crippen LogP contribution >= 0.6 is 34.5 Å². The molecule has 0 saturated carbocycles. The van der Waals surface area contributed by atoms with Crippen LogP contribution in [0.1, 0.15) is 10.6 Å². The van der Waals surface area contributed by atoms with Gasteiger partial charge in [0.05, 0.1) is 16.4 Å². The third-order valence-corrected chi connectivity index (χ3v) is 6.01. The molecule has 0 unspecified atom stereocenters. The van der Waals surface area contributed by atoms with Gasteiger partial charge in [-0.25, -0.2) is 4.98 Å². The molecule has 2 nitrogen and oxygen atoms in total. The van der Waals surface area contributed by atoms with E-state index in [-0.39, 0.29) is 0 Å². The summed E-state index contributed by atoms with van der Waals surface area (Å²) in [4.78, 5) is 6.24. The van der Waals surface area contributed by atoms with Crippen LogP contribution in [0.4, 0.5) is 0 Å². The molecule has 0 N–H and O–H groups in total. The third-order valence-electron chi connectivity index (χ3n) is 4.52. The van der Waals surface area contributed by atoms with E-state index in [0.29, 0.717) is 10.0 Å². The van der Waals surface area contributed by atoms with Gasteiger partial charge in [0, 0.05) is 27.6 Å². The van der Waals surface area contributed by atoms with Crippen LogP contribution in [0.2, 0.25) is 10.0 Å². The van der Waals surface area contributed by atoms with Gasteiger partial charge in [-0.15, -0.1) is 11.3 Å². The van der Waals surface area contributed by atoms with Gasteiger partial charge in [0.25, 0.3) is 0 Å². The van der Waals surface area contributed by atoms with Crippen LogP contribution in [0, 0.1) is 6.92 Å². The maximum atomic E-state index is 6.51. The molecule has 0 aliphatic carbocycles. The van der Waals surface area contributed by atoms with Gasteiger partial charge >= 0.3 is 0 Å². The third kappa shape index (κ3) is 3.81. The standard InChI is InChI=1S/C22H18Cl2N2S/c1-15-21(16-6-3-2-4-7-16)26(12-11-18-8-5-13-27-18)22(25-15)19-10-9-17(23)14-20(19)24/h2-10,13-14H,11-12H2,1H3. The van der Waals surface area contributed by atoms with Gasteiger partial charge in [-0.05, 0) is 43.0 Å². The van der Waals surface area contributed by atoms with Crippen molar-refractivity contribution in [2.45, 2.75) is 19.9 Å². The summed E-state index contributed by atoms with van der Waals surface area (Å²) in [6.07, 6.45) is 0.950. The molecule has 0 amide bonds. The fraction of sp³-hybridized carbons (Fsp3) is 0.136. The molecule has 27 heavy (non-hydrogen) atoms. The number of thiophene rings is 1. The number of halogens is 2. The van der Waals surface area contributed by atoms with Crippen LogP contribution < -0.4 is 0 Å². The zero-order chi connectivity index (χ0) is 18.8. The van der Waals surface area contributed by atoms with Crippen molar-refractivity contribution in [2.24, 2.45) is 0 Å². The smallest absolute Gasteiger partial charge is 0.142 e. The van der Waals surface area contributed by atoms with Crippen LogP contribution in [0.3, 0.4) is 0 Å². The number of benzene rings is 2. The minimum absolute atomic E-state index is 0.615. The Morgan fingerprint density at radius 3 is 2.52 bits per heavy atom. The van der Waals surface area contributed by atoms with Gasteiger partial charge in [0.1, 0.15) is 5.82 Å². The first-order valence-corrected chi connectivity index (χ1v) is 10.4. The van der Waals surface area contributed by atoms with Crippen LogP contribution in [0.5, 0.6) is 0 Å². The average molecular weight is 413 g/mol. The van der Waals surface area contributed by atoms with Gasteiger partial charge < -0.3 is 4.57 Å². The van der Waals surface area contributed by atoms with Crippen molar-refractivity contribution >= 4 is 34.5 Å². The summed E-state index contributed by atoms with van der Waals surface area (Å²) < 4.78 is 2.28. The van der Waals surface area contributed by atoms with E-state index in [1.165, 1.54) is 4.88 Å². The van der Waals surface area contributed by atoms with E-state index < -0.39 is 0 Å². The van der Waals surface area contributed by atoms with E-state index in [4.69, 9.17) is 28.2 Å². The molecule has 0 bridgehead atoms. The Hall–Kier alpha value is -2.07. The van der Waals surface area contributed by atoms with Gasteiger partial charge in [0.2, 0.25) is 0 Å². The van der Waals surface area contributed by atoms with Gasteiger partial charge in [-0.2, -0.15) is 0 Å². The molecule has 0 aliphatic rings. The van der Waals surface area contributed by atoms with E-state index in [0.717, 1.165) is 41.3 Å². The molecule has 4 rings (SSSR count). The quantitative estimate of drug-likeness (QED) is 0.340. The molecule has 5 heteroatoms. The normalized spacial score (nSPS) is 11.1. The van der Waals surface area contributed by atoms with Crippen LogP contribution in [-0.4, -0.2) is 9.55 Å². The summed E-state index contributed by atoms with van der Waals surface area (Å²) in [5, 5.41) is 3.36. The topological polar surface area (TPSA) is 17.8 Å². The summed E-state index contributed by atoms with van der Waals surface area (Å²) in [6, 6.07) is 20.2. The number of aromatic nitrogens is 2. The first-order chi connectivity index (χ1) is 13.1. The molecule has 136 valence electrons. The lowest BCUT2D eigenvalue weighted by molar-refractivity contribution is 0.715. The second-order valence-corrected chi connectivity index (χ2v) is 8.22. The Kier molecular flexibility index (Phi) is 5.35. The Bertz CT molecular complexity index is 1050. The van der Waals surface area contributed by atoms with Crippen molar-refractivity contribution in [3.8, 4) is 22.6 Å². The number of aryl methyl sites for hydroxylation is 2. The second kappa shape index (κ2) is 7.89. The summed E-state index contributed by atoms with van der Waals surface area (Å²) in [6.45, 7) is 2.89. The highest BCUT2D eigenvalue weighted by Gasteiger charge is 2.19. The lowest BCUT2D eigenvalue weighted by atomic mass is 10.1. The van der Waals surface area contributed by atoms with E-state index in [2.05, 4.69) is 53.3 Å². The molecule has 4 aromatic rings. The molecule has 0 spiro atoms. The second-order valence-electron chi connectivity index (χ2n) is 6.34. The van der Waals surface area contributed by atoms with E-state index in [1.54, 1.807) is 17.4 Å². The molecular weight excluding hydrogens is 395 g/mol. The highest BCUT2D eigenvalue weighted by molar-refractivity contribution is 7.09. The van der Waals surface area contributed by atoms with Crippen molar-refractivity contribution in [1.82, 2.24) is 9.55 Å². The molecule has 0 aliphatic heterocycles. The lowest BCUT2D eigenvalue weighted by Gasteiger charge is -2.13. The Labute approximate surface area is 173 Å². The maximum Gasteiger partial charge on any atom is 0.142 e. The number of hydrogen-bond acceptors (Lipinski definition) is 2. The van der Waals surface area contributed by atoms with Gasteiger partial charge in [0.15, 0.2) is 0 Å². The minimum atomic E-state index is 0.615. The first-order valence-electron chi connectivity index (χ1n) is 8.74. The SMILES string of the molecule is Cc1nc(-c2ccc(Cl)cc2Cl)n(CCc2cccs2)c1-c1ccccc1. The largest absolute Gasteiger partial charge is 0.323 e. The molecule has 0 radical (unpaired) electrons. The van der Waals surface area contributed by atoms with Gasteiger partial charge in [-0.3, -0.25) is 0 Å². The monoisotopic (exact) mass is 412 g/mol. The van der Waals surface area contributed by atoms with Crippen LogP contribution in [0.15, 0.2) is 66.0 Å². The fourth-order valence-corrected chi connectivity index (χ4v) is 4.50. The van der Waals surface area contributed by atoms with E-state index in [1.807, 2.05) is 18.2 Å². The molecule has 0 atom stereocenters. The molecule has 2 aromatic heterocycles. The van der Waals surface area contributed by atoms with Crippen molar-refractivity contribution in [1.29, 1.82) is 0 Å². The number of hydrogen-bond donors (Lipinski definition) is 0. The summed E-state index contributed by atoms with van der Waals surface area (Å²) in [7, 11) is 0. The molecule has 2 aromatic carbocycles. The van der Waals surface area contributed by atoms with Crippen molar-refractivity contribution in [3.63, 3.8) is 0 Å². The predicted molar refractivity (Wildman–Crippen MR) is 116 cm³/mol. The minimum Gasteiger partial charge on any atom is -0.323 e. The van der Waals surface area contributed by atoms with Crippen molar-refractivity contribution in [2.75, 3.05) is 0 Å². The molecule has 0 saturated heterocycles. The summed E-state index contributed by atoms with van der Waals surface area (Å²) >= 11 is 14.4. The number of rotatable bonds is 5. The summed E-state index contributed by atoms with van der Waals surface area (Å²) in [5.41, 5.74) is 4.18. The lowest BCUT2D eigenvalue weighted by Crippen LogP contribution is -2.05. The molecular formula is C22H18Cl2N2S. The highest BCUT2D eigenvalue weighted by atomic mass is 35.5. The van der Waals surface area contributed by atoms with E-state index >= 15 is 0 Å². The summed E-state index contributed by atoms with van der Waals surface area (Å²) in [5.74, 6) is 0.879. The number of imidazole rings is 1. The van der Waals surface area contributed by atoms with Crippen LogP contribution in [0.25, 0.3) is 22.6 Å². The first kappa shape index (κ1) is 18.3. The number of nitrogens with zero attached hydrogens (tertiary/aromatic N) is 2. The van der Waals surface area contributed by atoms with Crippen LogP contribution in [-0.2, 0) is 13.0 Å². The predicted octanol–water partition coefficient (Wildman–Crippen LogP) is 7.14. The zero-order valence-electron chi connectivity index (χ0n) is 14.8. The van der Waals surface area contributed by atoms with E-state index in [9.17, 15) is 0 Å². The highest BCUT2D eigenvalue weighted by Crippen LogP contribution is 2.35. The molecule has 2 heterocycles. The average Bonchev–Trinajstić information content (AvgIpc) is 3.28. The molecule has 0 fully saturated rings. The van der Waals surface area contributed by atoms with Crippen molar-refractivity contribution < 1.29 is 0 Å². The van der Waals surface area contributed by atoms with Crippen molar-refractivity contribution in [3.05, 3.63) is 86.7 Å². The Morgan fingerprint density at radius 2 is 1.81 bits per heavy atom. The Balaban J connectivity index is 1.85. The van der Waals surface area contributed by atoms with Gasteiger partial charge in [-0.1, -0.05) is 59.6 Å². The Morgan fingerprint density at radius 1 is 1.00 bits per heavy atom. The fourth-order valence-electron chi connectivity index (χ4n) is 3.31. The zero-order valence-corrected chi connectivity index (χ0v) is 17.2.